The van der Waals surface area contributed by atoms with E-state index >= 15 is 0 Å². The molecular formula is C10H12O2. The summed E-state index contributed by atoms with van der Waals surface area (Å²) in [6.07, 6.45) is 0. The van der Waals surface area contributed by atoms with Crippen LogP contribution in [-0.2, 0) is 9.53 Å². The van der Waals surface area contributed by atoms with E-state index in [-0.39, 0.29) is 5.92 Å². The lowest BCUT2D eigenvalue weighted by Gasteiger charge is -2.09. The molecule has 2 nitrogen and oxygen atoms in total. The zero-order chi connectivity index (χ0) is 8.81. The van der Waals surface area contributed by atoms with Crippen LogP contribution in [0.15, 0.2) is 30.3 Å². The maximum atomic E-state index is 9.92. The van der Waals surface area contributed by atoms with Crippen LogP contribution in [0.1, 0.15) is 18.4 Å². The van der Waals surface area contributed by atoms with Crippen molar-refractivity contribution in [1.29, 1.82) is 0 Å². The molecule has 0 saturated carbocycles. The molecule has 0 bridgehead atoms. The van der Waals surface area contributed by atoms with Gasteiger partial charge in [0.2, 0.25) is 0 Å². The first-order valence-electron chi connectivity index (χ1n) is 3.95. The molecule has 1 atom stereocenters. The van der Waals surface area contributed by atoms with Crippen LogP contribution >= 0.6 is 0 Å². The van der Waals surface area contributed by atoms with E-state index in [9.17, 15) is 4.79 Å². The third-order valence-corrected chi connectivity index (χ3v) is 1.78. The maximum absolute atomic E-state index is 9.92. The number of hydrogen-bond acceptors (Lipinski definition) is 2. The second kappa shape index (κ2) is 4.54. The summed E-state index contributed by atoms with van der Waals surface area (Å²) in [5, 5.41) is 0. The summed E-state index contributed by atoms with van der Waals surface area (Å²) < 4.78 is 4.67. The Kier molecular flexibility index (Phi) is 3.33. The van der Waals surface area contributed by atoms with Gasteiger partial charge in [-0.15, -0.1) is 0 Å². The highest BCUT2D eigenvalue weighted by molar-refractivity contribution is 5.37. The van der Waals surface area contributed by atoms with Gasteiger partial charge < -0.3 is 4.74 Å². The molecule has 1 aromatic carbocycles. The van der Waals surface area contributed by atoms with Gasteiger partial charge in [0.05, 0.1) is 6.61 Å². The normalized spacial score (nSPS) is 12.1. The molecule has 1 rings (SSSR count). The highest BCUT2D eigenvalue weighted by Crippen LogP contribution is 2.13. The molecule has 1 aromatic rings. The van der Waals surface area contributed by atoms with E-state index in [1.54, 1.807) is 0 Å². The molecule has 0 saturated heterocycles. The van der Waals surface area contributed by atoms with E-state index in [1.807, 2.05) is 37.3 Å². The lowest BCUT2D eigenvalue weighted by atomic mass is 10.0. The van der Waals surface area contributed by atoms with E-state index in [0.29, 0.717) is 13.1 Å². The summed E-state index contributed by atoms with van der Waals surface area (Å²) in [5.74, 6) is 0.274. The van der Waals surface area contributed by atoms with Gasteiger partial charge in [0.25, 0.3) is 6.47 Å². The first-order valence-corrected chi connectivity index (χ1v) is 3.95. The third-order valence-electron chi connectivity index (χ3n) is 1.78. The van der Waals surface area contributed by atoms with Gasteiger partial charge in [0, 0.05) is 5.92 Å². The topological polar surface area (TPSA) is 26.3 Å². The van der Waals surface area contributed by atoms with E-state index in [4.69, 9.17) is 0 Å². The largest absolute Gasteiger partial charge is 0.467 e. The minimum Gasteiger partial charge on any atom is -0.467 e. The van der Waals surface area contributed by atoms with E-state index in [2.05, 4.69) is 4.74 Å². The Morgan fingerprint density at radius 1 is 1.42 bits per heavy atom. The standard InChI is InChI=1S/C10H12O2/c1-9(7-12-8-11)10-5-3-2-4-6-10/h2-6,8-9H,7H2,1H3/t9-/m0/s1. The second-order valence-electron chi connectivity index (χ2n) is 2.74. The molecule has 12 heavy (non-hydrogen) atoms. The Morgan fingerprint density at radius 2 is 2.08 bits per heavy atom. The van der Waals surface area contributed by atoms with Crippen molar-refractivity contribution in [2.45, 2.75) is 12.8 Å². The fourth-order valence-corrected chi connectivity index (χ4v) is 1.06. The monoisotopic (exact) mass is 164 g/mol. The second-order valence-corrected chi connectivity index (χ2v) is 2.74. The van der Waals surface area contributed by atoms with Gasteiger partial charge in [-0.05, 0) is 5.56 Å². The van der Waals surface area contributed by atoms with Crippen LogP contribution in [-0.4, -0.2) is 13.1 Å². The zero-order valence-corrected chi connectivity index (χ0v) is 7.07. The van der Waals surface area contributed by atoms with Crippen LogP contribution < -0.4 is 0 Å². The van der Waals surface area contributed by atoms with Gasteiger partial charge in [0.15, 0.2) is 0 Å². The lowest BCUT2D eigenvalue weighted by Crippen LogP contribution is -2.02. The minimum absolute atomic E-state index is 0.274. The fraction of sp³-hybridized carbons (Fsp3) is 0.300. The Hall–Kier alpha value is -1.31. The Balaban J connectivity index is 2.53. The molecule has 0 amide bonds. The smallest absolute Gasteiger partial charge is 0.293 e. The molecule has 0 aliphatic carbocycles. The SMILES string of the molecule is C[C@@H](COC=O)c1ccccc1. The predicted molar refractivity (Wildman–Crippen MR) is 46.9 cm³/mol. The number of rotatable bonds is 4. The summed E-state index contributed by atoms with van der Waals surface area (Å²) in [6.45, 7) is 2.96. The van der Waals surface area contributed by atoms with Crippen LogP contribution in [0.2, 0.25) is 0 Å². The Labute approximate surface area is 72.2 Å². The van der Waals surface area contributed by atoms with Crippen LogP contribution in [0.25, 0.3) is 0 Å². The number of carbonyl (C=O) groups excluding carboxylic acids is 1. The molecule has 0 N–H and O–H groups in total. The van der Waals surface area contributed by atoms with Gasteiger partial charge >= 0.3 is 0 Å². The predicted octanol–water partition coefficient (Wildman–Crippen LogP) is 1.96. The number of benzene rings is 1. The molecule has 0 unspecified atom stereocenters. The van der Waals surface area contributed by atoms with Gasteiger partial charge in [-0.3, -0.25) is 4.79 Å². The van der Waals surface area contributed by atoms with Gasteiger partial charge in [0.1, 0.15) is 0 Å². The molecule has 64 valence electrons. The zero-order valence-electron chi connectivity index (χ0n) is 7.07. The van der Waals surface area contributed by atoms with E-state index in [1.165, 1.54) is 5.56 Å². The van der Waals surface area contributed by atoms with Crippen molar-refractivity contribution in [2.75, 3.05) is 6.61 Å². The summed E-state index contributed by atoms with van der Waals surface area (Å²) >= 11 is 0. The number of hydrogen-bond donors (Lipinski definition) is 0. The van der Waals surface area contributed by atoms with Crippen molar-refractivity contribution in [3.63, 3.8) is 0 Å². The fourth-order valence-electron chi connectivity index (χ4n) is 1.06. The first-order chi connectivity index (χ1) is 5.84. The molecule has 0 spiro atoms. The van der Waals surface area contributed by atoms with Crippen LogP contribution in [0.4, 0.5) is 0 Å². The summed E-state index contributed by atoms with van der Waals surface area (Å²) in [4.78, 5) is 9.92. The van der Waals surface area contributed by atoms with Crippen molar-refractivity contribution < 1.29 is 9.53 Å². The molecule has 0 aromatic heterocycles. The highest BCUT2D eigenvalue weighted by atomic mass is 16.5. The van der Waals surface area contributed by atoms with Crippen molar-refractivity contribution in [3.05, 3.63) is 35.9 Å². The summed E-state index contributed by atoms with van der Waals surface area (Å²) in [5.41, 5.74) is 1.19. The van der Waals surface area contributed by atoms with Crippen LogP contribution in [0.5, 0.6) is 0 Å². The van der Waals surface area contributed by atoms with E-state index in [0.717, 1.165) is 0 Å². The summed E-state index contributed by atoms with van der Waals surface area (Å²) in [6, 6.07) is 9.98. The van der Waals surface area contributed by atoms with Crippen LogP contribution in [0, 0.1) is 0 Å². The van der Waals surface area contributed by atoms with E-state index < -0.39 is 0 Å². The third kappa shape index (κ3) is 2.38. The molecular weight excluding hydrogens is 152 g/mol. The average molecular weight is 164 g/mol. The van der Waals surface area contributed by atoms with Gasteiger partial charge in [-0.2, -0.15) is 0 Å². The number of carbonyl (C=O) groups is 1. The minimum atomic E-state index is 0.274. The molecule has 0 aliphatic rings. The molecule has 0 heterocycles. The van der Waals surface area contributed by atoms with Crippen molar-refractivity contribution >= 4 is 6.47 Å². The molecule has 0 aliphatic heterocycles. The van der Waals surface area contributed by atoms with Crippen LogP contribution in [0.3, 0.4) is 0 Å². The number of ether oxygens (including phenoxy) is 1. The highest BCUT2D eigenvalue weighted by Gasteiger charge is 2.03. The molecule has 2 heteroatoms. The maximum Gasteiger partial charge on any atom is 0.293 e. The Bertz CT molecular complexity index is 231. The lowest BCUT2D eigenvalue weighted by molar-refractivity contribution is -0.129. The Morgan fingerprint density at radius 3 is 2.67 bits per heavy atom. The average Bonchev–Trinajstić information content (AvgIpc) is 2.15. The van der Waals surface area contributed by atoms with Gasteiger partial charge in [-0.25, -0.2) is 0 Å². The van der Waals surface area contributed by atoms with Crippen molar-refractivity contribution in [1.82, 2.24) is 0 Å². The quantitative estimate of drug-likeness (QED) is 0.636. The molecule has 0 fully saturated rings. The summed E-state index contributed by atoms with van der Waals surface area (Å²) in [7, 11) is 0. The first kappa shape index (κ1) is 8.78. The molecule has 0 radical (unpaired) electrons. The van der Waals surface area contributed by atoms with Gasteiger partial charge in [-0.1, -0.05) is 37.3 Å². The van der Waals surface area contributed by atoms with Crippen molar-refractivity contribution in [2.24, 2.45) is 0 Å². The van der Waals surface area contributed by atoms with Crippen molar-refractivity contribution in [3.8, 4) is 0 Å².